The Morgan fingerprint density at radius 3 is 2.86 bits per heavy atom. The number of aromatic nitrogens is 3. The standard InChI is InChI=1S/C25H27BrClN7O2/c26-16-7-15-2-1-14-8-17(27)3-4-19(14)23(22(15)31-10-16)34-6-5-30-21(12-34)25(36)33-20(24(28)35)9-18-11-29-13-32-18/h3-4,7-8,10-11,13,20-21,23,30H,1-2,5-6,9,12H2,(H2,28,35)(H,29,32)(H,33,36)/t20-,21+,23?/m0/s1. The summed E-state index contributed by atoms with van der Waals surface area (Å²) in [7, 11) is 0. The van der Waals surface area contributed by atoms with E-state index < -0.39 is 18.0 Å². The molecule has 1 aliphatic carbocycles. The van der Waals surface area contributed by atoms with Gasteiger partial charge in [-0.3, -0.25) is 19.5 Å². The minimum atomic E-state index is -0.837. The molecule has 1 unspecified atom stereocenters. The minimum absolute atomic E-state index is 0.114. The zero-order valence-electron chi connectivity index (χ0n) is 19.5. The number of piperazine rings is 1. The van der Waals surface area contributed by atoms with Crippen molar-refractivity contribution < 1.29 is 9.59 Å². The van der Waals surface area contributed by atoms with E-state index in [1.165, 1.54) is 17.5 Å². The van der Waals surface area contributed by atoms with Crippen LogP contribution in [0, 0.1) is 0 Å². The van der Waals surface area contributed by atoms with Crippen molar-refractivity contribution in [3.05, 3.63) is 80.6 Å². The van der Waals surface area contributed by atoms with Crippen LogP contribution in [0.15, 0.2) is 47.5 Å². The van der Waals surface area contributed by atoms with E-state index in [2.05, 4.69) is 53.6 Å². The summed E-state index contributed by atoms with van der Waals surface area (Å²) in [6, 6.07) is 6.68. The van der Waals surface area contributed by atoms with Crippen molar-refractivity contribution in [1.82, 2.24) is 30.5 Å². The van der Waals surface area contributed by atoms with Gasteiger partial charge in [-0.05, 0) is 63.7 Å². The number of nitrogens with one attached hydrogen (secondary N) is 3. The molecule has 3 heterocycles. The topological polar surface area (TPSA) is 129 Å². The Hall–Kier alpha value is -2.79. The molecule has 1 fully saturated rings. The number of nitrogens with zero attached hydrogens (tertiary/aromatic N) is 3. The van der Waals surface area contributed by atoms with E-state index in [1.54, 1.807) is 6.20 Å². The first kappa shape index (κ1) is 24.9. The summed E-state index contributed by atoms with van der Waals surface area (Å²) >= 11 is 9.90. The summed E-state index contributed by atoms with van der Waals surface area (Å²) in [6.45, 7) is 1.80. The molecule has 36 heavy (non-hydrogen) atoms. The fraction of sp³-hybridized carbons (Fsp3) is 0.360. The number of hydrogen-bond donors (Lipinski definition) is 4. The lowest BCUT2D eigenvalue weighted by Gasteiger charge is -2.39. The van der Waals surface area contributed by atoms with Crippen molar-refractivity contribution in [1.29, 1.82) is 0 Å². The number of nitrogens with two attached hydrogens (primary N) is 1. The molecule has 11 heteroatoms. The van der Waals surface area contributed by atoms with Crippen LogP contribution < -0.4 is 16.4 Å². The van der Waals surface area contributed by atoms with Gasteiger partial charge >= 0.3 is 0 Å². The van der Waals surface area contributed by atoms with Crippen molar-refractivity contribution in [3.63, 3.8) is 0 Å². The number of H-pyrrole nitrogens is 1. The lowest BCUT2D eigenvalue weighted by Crippen LogP contribution is -2.60. The third-order valence-corrected chi connectivity index (χ3v) is 7.49. The van der Waals surface area contributed by atoms with E-state index in [1.807, 2.05) is 18.3 Å². The summed E-state index contributed by atoms with van der Waals surface area (Å²) < 4.78 is 0.941. The number of halogens is 2. The minimum Gasteiger partial charge on any atom is -0.368 e. The van der Waals surface area contributed by atoms with Crippen molar-refractivity contribution >= 4 is 39.3 Å². The number of benzene rings is 1. The predicted octanol–water partition coefficient (Wildman–Crippen LogP) is 1.90. The molecule has 5 N–H and O–H groups in total. The average Bonchev–Trinajstić information content (AvgIpc) is 3.32. The van der Waals surface area contributed by atoms with Crippen LogP contribution in [-0.4, -0.2) is 63.4 Å². The fourth-order valence-corrected chi connectivity index (χ4v) is 5.65. The normalized spacial score (nSPS) is 20.6. The Bertz CT molecular complexity index is 1220. The molecule has 0 radical (unpaired) electrons. The highest BCUT2D eigenvalue weighted by atomic mass is 79.9. The molecule has 9 nitrogen and oxygen atoms in total. The molecule has 188 valence electrons. The molecule has 2 aliphatic rings. The smallest absolute Gasteiger partial charge is 0.240 e. The average molecular weight is 573 g/mol. The lowest BCUT2D eigenvalue weighted by molar-refractivity contribution is -0.129. The first-order valence-electron chi connectivity index (χ1n) is 11.9. The van der Waals surface area contributed by atoms with E-state index in [4.69, 9.17) is 22.3 Å². The molecular weight excluding hydrogens is 546 g/mol. The van der Waals surface area contributed by atoms with Crippen LogP contribution in [0.4, 0.5) is 0 Å². The molecule has 0 bridgehead atoms. The zero-order chi connectivity index (χ0) is 25.2. The molecule has 1 saturated heterocycles. The molecule has 1 aliphatic heterocycles. The second-order valence-corrected chi connectivity index (χ2v) is 10.5. The number of aromatic amines is 1. The number of pyridine rings is 1. The van der Waals surface area contributed by atoms with Crippen LogP contribution in [0.1, 0.15) is 34.1 Å². The largest absolute Gasteiger partial charge is 0.368 e. The van der Waals surface area contributed by atoms with Crippen LogP contribution in [0.3, 0.4) is 0 Å². The molecule has 0 saturated carbocycles. The summed E-state index contributed by atoms with van der Waals surface area (Å²) in [5.41, 5.74) is 10.8. The van der Waals surface area contributed by atoms with Crippen LogP contribution >= 0.6 is 27.5 Å². The monoisotopic (exact) mass is 571 g/mol. The van der Waals surface area contributed by atoms with E-state index in [0.29, 0.717) is 18.1 Å². The predicted molar refractivity (Wildman–Crippen MR) is 139 cm³/mol. The molecule has 2 aromatic heterocycles. The highest BCUT2D eigenvalue weighted by Crippen LogP contribution is 2.37. The van der Waals surface area contributed by atoms with Crippen molar-refractivity contribution in [2.24, 2.45) is 5.73 Å². The Balaban J connectivity index is 1.40. The number of amides is 2. The van der Waals surface area contributed by atoms with Crippen LogP contribution in [0.5, 0.6) is 0 Å². The molecule has 0 spiro atoms. The summed E-state index contributed by atoms with van der Waals surface area (Å²) in [6.07, 6.45) is 6.93. The second-order valence-electron chi connectivity index (χ2n) is 9.19. The van der Waals surface area contributed by atoms with Gasteiger partial charge in [-0.25, -0.2) is 4.98 Å². The van der Waals surface area contributed by atoms with Crippen LogP contribution in [0.2, 0.25) is 5.02 Å². The van der Waals surface area contributed by atoms with Gasteiger partial charge in [0.15, 0.2) is 0 Å². The number of fused-ring (bicyclic) bond motifs is 2. The van der Waals surface area contributed by atoms with E-state index in [0.717, 1.165) is 40.8 Å². The maximum atomic E-state index is 13.2. The Morgan fingerprint density at radius 1 is 1.25 bits per heavy atom. The van der Waals surface area contributed by atoms with Crippen LogP contribution in [-0.2, 0) is 28.9 Å². The number of carbonyl (C=O) groups excluding carboxylic acids is 2. The Kier molecular flexibility index (Phi) is 7.38. The third-order valence-electron chi connectivity index (χ3n) is 6.82. The first-order chi connectivity index (χ1) is 17.4. The summed E-state index contributed by atoms with van der Waals surface area (Å²) in [5.74, 6) is -0.860. The molecule has 2 amide bonds. The molecule has 3 atom stereocenters. The number of rotatable bonds is 6. The number of carbonyl (C=O) groups is 2. The van der Waals surface area contributed by atoms with Gasteiger partial charge in [0.05, 0.1) is 24.1 Å². The van der Waals surface area contributed by atoms with E-state index in [-0.39, 0.29) is 18.4 Å². The number of aryl methyl sites for hydroxylation is 2. The zero-order valence-corrected chi connectivity index (χ0v) is 21.8. The highest BCUT2D eigenvalue weighted by molar-refractivity contribution is 9.10. The van der Waals surface area contributed by atoms with Gasteiger partial charge in [0.25, 0.3) is 0 Å². The third kappa shape index (κ3) is 5.31. The fourth-order valence-electron chi connectivity index (χ4n) is 5.08. The van der Waals surface area contributed by atoms with Gasteiger partial charge < -0.3 is 21.4 Å². The van der Waals surface area contributed by atoms with Gasteiger partial charge in [-0.2, -0.15) is 0 Å². The van der Waals surface area contributed by atoms with Gasteiger partial charge in [0.2, 0.25) is 11.8 Å². The van der Waals surface area contributed by atoms with Gasteiger partial charge in [-0.15, -0.1) is 0 Å². The second kappa shape index (κ2) is 10.7. The number of imidazole rings is 1. The number of primary amides is 1. The SMILES string of the molecule is NC(=O)[C@H](Cc1cnc[nH]1)NC(=O)[C@H]1CN(C2c3ccc(Cl)cc3CCc3cc(Br)cnc32)CCN1. The lowest BCUT2D eigenvalue weighted by atomic mass is 9.95. The van der Waals surface area contributed by atoms with E-state index in [9.17, 15) is 9.59 Å². The summed E-state index contributed by atoms with van der Waals surface area (Å²) in [5, 5.41) is 6.83. The first-order valence-corrected chi connectivity index (χ1v) is 13.0. The van der Waals surface area contributed by atoms with Crippen molar-refractivity contribution in [2.75, 3.05) is 19.6 Å². The van der Waals surface area contributed by atoms with E-state index >= 15 is 0 Å². The molecule has 1 aromatic carbocycles. The van der Waals surface area contributed by atoms with Crippen molar-refractivity contribution in [3.8, 4) is 0 Å². The maximum absolute atomic E-state index is 13.2. The summed E-state index contributed by atoms with van der Waals surface area (Å²) in [4.78, 5) is 39.3. The molecule has 3 aromatic rings. The van der Waals surface area contributed by atoms with Gasteiger partial charge in [0.1, 0.15) is 6.04 Å². The molecule has 5 rings (SSSR count). The van der Waals surface area contributed by atoms with Gasteiger partial charge in [0, 0.05) is 53.6 Å². The Morgan fingerprint density at radius 2 is 2.08 bits per heavy atom. The van der Waals surface area contributed by atoms with Crippen LogP contribution in [0.25, 0.3) is 0 Å². The Labute approximate surface area is 222 Å². The van der Waals surface area contributed by atoms with Crippen molar-refractivity contribution in [2.45, 2.75) is 37.4 Å². The van der Waals surface area contributed by atoms with Gasteiger partial charge in [-0.1, -0.05) is 17.7 Å². The number of hydrogen-bond acceptors (Lipinski definition) is 6. The maximum Gasteiger partial charge on any atom is 0.240 e. The quantitative estimate of drug-likeness (QED) is 0.357. The highest BCUT2D eigenvalue weighted by Gasteiger charge is 2.36. The molecular formula is C25H27BrClN7O2.